The van der Waals surface area contributed by atoms with E-state index in [2.05, 4.69) is 59.2 Å². The highest BCUT2D eigenvalue weighted by Crippen LogP contribution is 2.02. The third kappa shape index (κ3) is 8.91. The van der Waals surface area contributed by atoms with Gasteiger partial charge < -0.3 is 15.4 Å². The van der Waals surface area contributed by atoms with Gasteiger partial charge >= 0.3 is 0 Å². The monoisotopic (exact) mass is 337 g/mol. The highest BCUT2D eigenvalue weighted by molar-refractivity contribution is 5.79. The van der Waals surface area contributed by atoms with Crippen LogP contribution in [-0.4, -0.2) is 48.6 Å². The number of hydrogen-bond donors (Lipinski definition) is 2. The van der Waals surface area contributed by atoms with Crippen molar-refractivity contribution in [2.45, 2.75) is 54.0 Å². The van der Waals surface area contributed by atoms with Gasteiger partial charge in [0.15, 0.2) is 5.96 Å². The first-order valence-corrected chi connectivity index (χ1v) is 9.14. The van der Waals surface area contributed by atoms with Gasteiger partial charge in [0.05, 0.1) is 5.69 Å². The molecule has 6 heteroatoms. The Hall–Kier alpha value is -1.56. The molecular formula is C18H35N5O. The summed E-state index contributed by atoms with van der Waals surface area (Å²) in [5.74, 6) is 1.48. The van der Waals surface area contributed by atoms with Crippen molar-refractivity contribution in [1.82, 2.24) is 20.4 Å². The average Bonchev–Trinajstić information content (AvgIpc) is 2.84. The van der Waals surface area contributed by atoms with Gasteiger partial charge in [0, 0.05) is 45.1 Å². The van der Waals surface area contributed by atoms with Gasteiger partial charge in [-0.2, -0.15) is 5.10 Å². The standard InChI is InChI=1S/C18H35N5O/c1-6-19-18(21-10-8-12-24-14-15(2)3)20-9-7-11-23-17(5)13-16(4)22-23/h13,15H,6-12,14H2,1-5H3,(H2,19,20,21). The minimum Gasteiger partial charge on any atom is -0.381 e. The molecule has 0 atom stereocenters. The lowest BCUT2D eigenvalue weighted by Crippen LogP contribution is -2.38. The normalized spacial score (nSPS) is 12.0. The molecule has 1 aromatic heterocycles. The molecule has 1 rings (SSSR count). The topological polar surface area (TPSA) is 63.5 Å². The Labute approximate surface area is 147 Å². The summed E-state index contributed by atoms with van der Waals surface area (Å²) in [6.07, 6.45) is 1.97. The molecule has 1 heterocycles. The average molecular weight is 338 g/mol. The van der Waals surface area contributed by atoms with Crippen LogP contribution in [0.25, 0.3) is 0 Å². The van der Waals surface area contributed by atoms with E-state index in [1.807, 2.05) is 6.92 Å². The van der Waals surface area contributed by atoms with Crippen molar-refractivity contribution in [3.05, 3.63) is 17.5 Å². The van der Waals surface area contributed by atoms with Crippen molar-refractivity contribution in [1.29, 1.82) is 0 Å². The minimum absolute atomic E-state index is 0.596. The number of nitrogens with one attached hydrogen (secondary N) is 2. The van der Waals surface area contributed by atoms with E-state index >= 15 is 0 Å². The largest absolute Gasteiger partial charge is 0.381 e. The molecule has 0 aliphatic rings. The summed E-state index contributed by atoms with van der Waals surface area (Å²) < 4.78 is 7.64. The molecule has 0 unspecified atom stereocenters. The van der Waals surface area contributed by atoms with E-state index in [0.29, 0.717) is 5.92 Å². The number of nitrogens with zero attached hydrogens (tertiary/aromatic N) is 3. The summed E-state index contributed by atoms with van der Waals surface area (Å²) in [6.45, 7) is 15.6. The first kappa shape index (κ1) is 20.5. The van der Waals surface area contributed by atoms with Gasteiger partial charge in [0.25, 0.3) is 0 Å². The Morgan fingerprint density at radius 1 is 1.29 bits per heavy atom. The van der Waals surface area contributed by atoms with Crippen LogP contribution in [0.2, 0.25) is 0 Å². The lowest BCUT2D eigenvalue weighted by atomic mass is 10.2. The third-order valence-electron chi connectivity index (χ3n) is 3.45. The van der Waals surface area contributed by atoms with Crippen LogP contribution >= 0.6 is 0 Å². The quantitative estimate of drug-likeness (QED) is 0.370. The highest BCUT2D eigenvalue weighted by atomic mass is 16.5. The number of hydrogen-bond acceptors (Lipinski definition) is 3. The van der Waals surface area contributed by atoms with Crippen molar-refractivity contribution < 1.29 is 4.74 Å². The van der Waals surface area contributed by atoms with Gasteiger partial charge in [-0.05, 0) is 45.6 Å². The number of ether oxygens (including phenoxy) is 1. The summed E-state index contributed by atoms with van der Waals surface area (Å²) in [4.78, 5) is 4.62. The fourth-order valence-electron chi connectivity index (χ4n) is 2.35. The Bertz CT molecular complexity index is 482. The second kappa shape index (κ2) is 11.9. The molecule has 0 aliphatic carbocycles. The maximum atomic E-state index is 5.59. The van der Waals surface area contributed by atoms with E-state index in [0.717, 1.165) is 63.9 Å². The molecule has 0 saturated heterocycles. The first-order chi connectivity index (χ1) is 11.5. The van der Waals surface area contributed by atoms with Gasteiger partial charge in [-0.25, -0.2) is 0 Å². The van der Waals surface area contributed by atoms with Crippen LogP contribution in [0.3, 0.4) is 0 Å². The van der Waals surface area contributed by atoms with E-state index in [1.54, 1.807) is 0 Å². The van der Waals surface area contributed by atoms with Crippen LogP contribution in [0.5, 0.6) is 0 Å². The van der Waals surface area contributed by atoms with Crippen LogP contribution < -0.4 is 10.6 Å². The Balaban J connectivity index is 2.23. The lowest BCUT2D eigenvalue weighted by molar-refractivity contribution is 0.108. The van der Waals surface area contributed by atoms with Crippen molar-refractivity contribution in [3.63, 3.8) is 0 Å². The summed E-state index contributed by atoms with van der Waals surface area (Å²) in [5.41, 5.74) is 2.29. The summed E-state index contributed by atoms with van der Waals surface area (Å²) in [5, 5.41) is 11.1. The zero-order valence-electron chi connectivity index (χ0n) is 16.1. The number of rotatable bonds is 11. The Kier molecular flexibility index (Phi) is 10.2. The molecule has 0 aliphatic heterocycles. The zero-order chi connectivity index (χ0) is 17.8. The van der Waals surface area contributed by atoms with Crippen LogP contribution in [0, 0.1) is 19.8 Å². The SMILES string of the molecule is CCNC(=NCCCn1nc(C)cc1C)NCCCOCC(C)C. The molecule has 0 aromatic carbocycles. The minimum atomic E-state index is 0.596. The number of guanidine groups is 1. The molecule has 0 radical (unpaired) electrons. The second-order valence-corrected chi connectivity index (χ2v) is 6.51. The van der Waals surface area contributed by atoms with Gasteiger partial charge in [-0.3, -0.25) is 9.67 Å². The predicted octanol–water partition coefficient (Wildman–Crippen LogP) is 2.51. The van der Waals surface area contributed by atoms with Crippen LogP contribution in [0.4, 0.5) is 0 Å². The molecule has 0 amide bonds. The smallest absolute Gasteiger partial charge is 0.191 e. The molecule has 138 valence electrons. The van der Waals surface area contributed by atoms with Gasteiger partial charge in [-0.15, -0.1) is 0 Å². The van der Waals surface area contributed by atoms with Crippen molar-refractivity contribution in [2.75, 3.05) is 32.8 Å². The van der Waals surface area contributed by atoms with E-state index in [-0.39, 0.29) is 0 Å². The van der Waals surface area contributed by atoms with Crippen LogP contribution in [0.15, 0.2) is 11.1 Å². The third-order valence-corrected chi connectivity index (χ3v) is 3.45. The summed E-state index contributed by atoms with van der Waals surface area (Å²) in [6, 6.07) is 2.11. The number of aromatic nitrogens is 2. The summed E-state index contributed by atoms with van der Waals surface area (Å²) >= 11 is 0. The van der Waals surface area contributed by atoms with Crippen molar-refractivity contribution in [2.24, 2.45) is 10.9 Å². The Morgan fingerprint density at radius 3 is 2.71 bits per heavy atom. The molecule has 0 bridgehead atoms. The molecule has 24 heavy (non-hydrogen) atoms. The number of aliphatic imine (C=N–C) groups is 1. The van der Waals surface area contributed by atoms with Gasteiger partial charge in [0.1, 0.15) is 0 Å². The molecule has 6 nitrogen and oxygen atoms in total. The molecule has 0 spiro atoms. The molecule has 1 aromatic rings. The maximum Gasteiger partial charge on any atom is 0.191 e. The molecule has 0 fully saturated rings. The van der Waals surface area contributed by atoms with Gasteiger partial charge in [-0.1, -0.05) is 13.8 Å². The van der Waals surface area contributed by atoms with Crippen molar-refractivity contribution in [3.8, 4) is 0 Å². The first-order valence-electron chi connectivity index (χ1n) is 9.14. The molecular weight excluding hydrogens is 302 g/mol. The lowest BCUT2D eigenvalue weighted by Gasteiger charge is -2.12. The van der Waals surface area contributed by atoms with Crippen LogP contribution in [0.1, 0.15) is 45.0 Å². The number of aryl methyl sites for hydroxylation is 3. The fraction of sp³-hybridized carbons (Fsp3) is 0.778. The van der Waals surface area contributed by atoms with Crippen LogP contribution in [-0.2, 0) is 11.3 Å². The summed E-state index contributed by atoms with van der Waals surface area (Å²) in [7, 11) is 0. The van der Waals surface area contributed by atoms with Crippen molar-refractivity contribution >= 4 is 5.96 Å². The fourth-order valence-corrected chi connectivity index (χ4v) is 2.35. The van der Waals surface area contributed by atoms with Gasteiger partial charge in [0.2, 0.25) is 0 Å². The zero-order valence-corrected chi connectivity index (χ0v) is 16.1. The maximum absolute atomic E-state index is 5.59. The highest BCUT2D eigenvalue weighted by Gasteiger charge is 2.01. The predicted molar refractivity (Wildman–Crippen MR) is 101 cm³/mol. The Morgan fingerprint density at radius 2 is 2.08 bits per heavy atom. The molecule has 0 saturated carbocycles. The second-order valence-electron chi connectivity index (χ2n) is 6.51. The molecule has 2 N–H and O–H groups in total. The van der Waals surface area contributed by atoms with E-state index < -0.39 is 0 Å². The van der Waals surface area contributed by atoms with E-state index in [4.69, 9.17) is 4.74 Å². The van der Waals surface area contributed by atoms with E-state index in [9.17, 15) is 0 Å². The van der Waals surface area contributed by atoms with E-state index in [1.165, 1.54) is 5.69 Å².